The minimum absolute atomic E-state index is 0.146. The van der Waals surface area contributed by atoms with Crippen molar-refractivity contribution in [3.05, 3.63) is 35.5 Å². The van der Waals surface area contributed by atoms with Crippen LogP contribution in [0.25, 0.3) is 0 Å². The SMILES string of the molecule is Cc1cccc(SCC(=O)Nc2cc(C(C)C)no2)c1N. The van der Waals surface area contributed by atoms with Crippen LogP contribution in [-0.2, 0) is 4.79 Å². The predicted octanol–water partition coefficient (Wildman–Crippen LogP) is 3.42. The molecule has 2 aromatic rings. The van der Waals surface area contributed by atoms with Crippen LogP contribution in [-0.4, -0.2) is 16.8 Å². The monoisotopic (exact) mass is 305 g/mol. The van der Waals surface area contributed by atoms with Crippen LogP contribution >= 0.6 is 11.8 Å². The van der Waals surface area contributed by atoms with E-state index >= 15 is 0 Å². The molecule has 0 atom stereocenters. The van der Waals surface area contributed by atoms with Crippen LogP contribution < -0.4 is 11.1 Å². The number of hydrogen-bond donors (Lipinski definition) is 2. The molecule has 1 aromatic carbocycles. The van der Waals surface area contributed by atoms with Gasteiger partial charge in [-0.1, -0.05) is 31.1 Å². The zero-order valence-corrected chi connectivity index (χ0v) is 13.2. The number of aromatic nitrogens is 1. The molecule has 1 aromatic heterocycles. The molecule has 0 spiro atoms. The van der Waals surface area contributed by atoms with Gasteiger partial charge in [0.2, 0.25) is 11.8 Å². The second-order valence-corrected chi connectivity index (χ2v) is 6.11. The lowest BCUT2D eigenvalue weighted by atomic mass is 10.1. The number of rotatable bonds is 5. The Hall–Kier alpha value is -1.95. The molecular weight excluding hydrogens is 286 g/mol. The normalized spacial score (nSPS) is 10.9. The van der Waals surface area contributed by atoms with Crippen molar-refractivity contribution in [1.82, 2.24) is 5.16 Å². The van der Waals surface area contributed by atoms with E-state index in [1.54, 1.807) is 6.07 Å². The highest BCUT2D eigenvalue weighted by Crippen LogP contribution is 2.27. The summed E-state index contributed by atoms with van der Waals surface area (Å²) in [5.74, 6) is 0.764. The highest BCUT2D eigenvalue weighted by Gasteiger charge is 2.11. The summed E-state index contributed by atoms with van der Waals surface area (Å²) in [5.41, 5.74) is 8.53. The number of amides is 1. The van der Waals surface area contributed by atoms with E-state index < -0.39 is 0 Å². The van der Waals surface area contributed by atoms with Gasteiger partial charge in [0.25, 0.3) is 0 Å². The van der Waals surface area contributed by atoms with Gasteiger partial charge in [0.15, 0.2) is 0 Å². The van der Waals surface area contributed by atoms with E-state index in [2.05, 4.69) is 10.5 Å². The van der Waals surface area contributed by atoms with Crippen molar-refractivity contribution in [2.24, 2.45) is 0 Å². The van der Waals surface area contributed by atoms with Crippen LogP contribution in [0.15, 0.2) is 33.7 Å². The Morgan fingerprint density at radius 3 is 2.90 bits per heavy atom. The van der Waals surface area contributed by atoms with Crippen molar-refractivity contribution in [3.8, 4) is 0 Å². The van der Waals surface area contributed by atoms with Crippen molar-refractivity contribution in [2.75, 3.05) is 16.8 Å². The number of carbonyl (C=O) groups is 1. The first-order valence-electron chi connectivity index (χ1n) is 6.71. The lowest BCUT2D eigenvalue weighted by Crippen LogP contribution is -2.13. The summed E-state index contributed by atoms with van der Waals surface area (Å²) in [4.78, 5) is 12.8. The molecule has 0 aliphatic heterocycles. The number of nitrogens with two attached hydrogens (primary N) is 1. The summed E-state index contributed by atoms with van der Waals surface area (Å²) in [7, 11) is 0. The molecule has 1 amide bonds. The van der Waals surface area contributed by atoms with Crippen LogP contribution in [0.3, 0.4) is 0 Å². The summed E-state index contributed by atoms with van der Waals surface area (Å²) in [6, 6.07) is 7.53. The third-order valence-corrected chi connectivity index (χ3v) is 4.10. The molecule has 6 heteroatoms. The maximum absolute atomic E-state index is 11.9. The van der Waals surface area contributed by atoms with E-state index in [-0.39, 0.29) is 17.6 Å². The predicted molar refractivity (Wildman–Crippen MR) is 85.5 cm³/mol. The molecular formula is C15H19N3O2S. The number of nitrogens with one attached hydrogen (secondary N) is 1. The molecule has 21 heavy (non-hydrogen) atoms. The van der Waals surface area contributed by atoms with E-state index in [4.69, 9.17) is 10.3 Å². The molecule has 0 fully saturated rings. The topological polar surface area (TPSA) is 81.2 Å². The maximum Gasteiger partial charge on any atom is 0.237 e. The van der Waals surface area contributed by atoms with E-state index in [0.717, 1.165) is 21.8 Å². The minimum Gasteiger partial charge on any atom is -0.398 e. The first-order valence-corrected chi connectivity index (χ1v) is 7.70. The molecule has 0 aliphatic carbocycles. The quantitative estimate of drug-likeness (QED) is 0.653. The van der Waals surface area contributed by atoms with Gasteiger partial charge >= 0.3 is 0 Å². The second kappa shape index (κ2) is 6.67. The number of benzene rings is 1. The Kier molecular flexibility index (Phi) is 4.90. The zero-order valence-electron chi connectivity index (χ0n) is 12.3. The highest BCUT2D eigenvalue weighted by atomic mass is 32.2. The standard InChI is InChI=1S/C15H19N3O2S/c1-9(2)11-7-14(20-18-11)17-13(19)8-21-12-6-4-5-10(3)15(12)16/h4-7,9H,8,16H2,1-3H3,(H,17,19). The summed E-state index contributed by atoms with van der Waals surface area (Å²) in [6.45, 7) is 5.97. The van der Waals surface area contributed by atoms with Gasteiger partial charge in [-0.15, -0.1) is 11.8 Å². The molecule has 5 nitrogen and oxygen atoms in total. The molecule has 3 N–H and O–H groups in total. The number of anilines is 2. The Bertz CT molecular complexity index is 638. The molecule has 0 saturated heterocycles. The number of aryl methyl sites for hydroxylation is 1. The molecule has 1 heterocycles. The fourth-order valence-corrected chi connectivity index (χ4v) is 2.57. The van der Waals surface area contributed by atoms with Gasteiger partial charge in [0.05, 0.1) is 11.4 Å². The van der Waals surface area contributed by atoms with Crippen molar-refractivity contribution in [1.29, 1.82) is 0 Å². The number of nitrogen functional groups attached to an aromatic ring is 1. The summed E-state index contributed by atoms with van der Waals surface area (Å²) < 4.78 is 5.08. The van der Waals surface area contributed by atoms with Crippen molar-refractivity contribution in [2.45, 2.75) is 31.6 Å². The molecule has 0 saturated carbocycles. The number of para-hydroxylation sites is 1. The fraction of sp³-hybridized carbons (Fsp3) is 0.333. The Morgan fingerprint density at radius 1 is 1.48 bits per heavy atom. The van der Waals surface area contributed by atoms with Gasteiger partial charge in [0.1, 0.15) is 0 Å². The number of hydrogen-bond acceptors (Lipinski definition) is 5. The molecule has 112 valence electrons. The minimum atomic E-state index is -0.146. The van der Waals surface area contributed by atoms with Gasteiger partial charge in [0, 0.05) is 16.6 Å². The first kappa shape index (κ1) is 15.4. The number of carbonyl (C=O) groups excluding carboxylic acids is 1. The summed E-state index contributed by atoms with van der Waals surface area (Å²) >= 11 is 1.40. The van der Waals surface area contributed by atoms with Crippen molar-refractivity contribution < 1.29 is 9.32 Å². The average molecular weight is 305 g/mol. The lowest BCUT2D eigenvalue weighted by molar-refractivity contribution is -0.113. The Balaban J connectivity index is 1.91. The third kappa shape index (κ3) is 4.01. The van der Waals surface area contributed by atoms with Crippen LogP contribution in [0.5, 0.6) is 0 Å². The summed E-state index contributed by atoms with van der Waals surface area (Å²) in [6.07, 6.45) is 0. The van der Waals surface area contributed by atoms with E-state index in [1.807, 2.05) is 39.0 Å². The van der Waals surface area contributed by atoms with Gasteiger partial charge in [-0.05, 0) is 24.5 Å². The maximum atomic E-state index is 11.9. The van der Waals surface area contributed by atoms with Gasteiger partial charge in [-0.2, -0.15) is 0 Å². The van der Waals surface area contributed by atoms with Crippen LogP contribution in [0, 0.1) is 6.92 Å². The van der Waals surface area contributed by atoms with E-state index in [0.29, 0.717) is 5.88 Å². The first-order chi connectivity index (χ1) is 9.97. The third-order valence-electron chi connectivity index (χ3n) is 3.03. The van der Waals surface area contributed by atoms with Gasteiger partial charge in [-0.25, -0.2) is 0 Å². The van der Waals surface area contributed by atoms with Gasteiger partial charge in [-0.3, -0.25) is 10.1 Å². The molecule has 0 bridgehead atoms. The average Bonchev–Trinajstić information content (AvgIpc) is 2.89. The van der Waals surface area contributed by atoms with Crippen LogP contribution in [0.2, 0.25) is 0 Å². The van der Waals surface area contributed by atoms with E-state index in [1.165, 1.54) is 11.8 Å². The largest absolute Gasteiger partial charge is 0.398 e. The number of thioether (sulfide) groups is 1. The fourth-order valence-electron chi connectivity index (χ4n) is 1.72. The van der Waals surface area contributed by atoms with Crippen molar-refractivity contribution >= 4 is 29.2 Å². The lowest BCUT2D eigenvalue weighted by Gasteiger charge is -2.07. The zero-order chi connectivity index (χ0) is 15.4. The highest BCUT2D eigenvalue weighted by molar-refractivity contribution is 8.00. The Labute approximate surface area is 128 Å². The van der Waals surface area contributed by atoms with Gasteiger partial charge < -0.3 is 10.3 Å². The molecule has 0 aliphatic rings. The molecule has 0 unspecified atom stereocenters. The second-order valence-electron chi connectivity index (χ2n) is 5.09. The van der Waals surface area contributed by atoms with E-state index in [9.17, 15) is 4.79 Å². The van der Waals surface area contributed by atoms with Crippen LogP contribution in [0.1, 0.15) is 31.0 Å². The summed E-state index contributed by atoms with van der Waals surface area (Å²) in [5, 5.41) is 6.59. The number of nitrogens with zero attached hydrogens (tertiary/aromatic N) is 1. The Morgan fingerprint density at radius 2 is 2.24 bits per heavy atom. The smallest absolute Gasteiger partial charge is 0.237 e. The van der Waals surface area contributed by atoms with Crippen molar-refractivity contribution in [3.63, 3.8) is 0 Å². The molecule has 0 radical (unpaired) electrons. The van der Waals surface area contributed by atoms with Crippen LogP contribution in [0.4, 0.5) is 11.6 Å². The molecule has 2 rings (SSSR count).